The fourth-order valence-corrected chi connectivity index (χ4v) is 2.37. The molecule has 1 atom stereocenters. The number of aliphatic carboxylic acids is 1. The number of hydrogen-bond acceptors (Lipinski definition) is 3. The van der Waals surface area contributed by atoms with Crippen molar-refractivity contribution in [2.75, 3.05) is 6.54 Å². The molecule has 3 N–H and O–H groups in total. The molecule has 4 nitrogen and oxygen atoms in total. The topological polar surface area (TPSA) is 69.6 Å². The minimum absolute atomic E-state index is 0.143. The number of rotatable bonds is 4. The molecular formula is C13H17NO3. The van der Waals surface area contributed by atoms with Crippen LogP contribution in [0, 0.1) is 0 Å². The highest BCUT2D eigenvalue weighted by atomic mass is 16.4. The van der Waals surface area contributed by atoms with Crippen molar-refractivity contribution in [3.8, 4) is 5.75 Å². The van der Waals surface area contributed by atoms with Crippen LogP contribution in [0.1, 0.15) is 36.4 Å². The van der Waals surface area contributed by atoms with Crippen molar-refractivity contribution >= 4 is 5.97 Å². The molecule has 0 spiro atoms. The number of aromatic hydroxyl groups is 1. The van der Waals surface area contributed by atoms with E-state index >= 15 is 0 Å². The highest BCUT2D eigenvalue weighted by Crippen LogP contribution is 2.31. The van der Waals surface area contributed by atoms with Crippen molar-refractivity contribution in [3.05, 3.63) is 29.3 Å². The number of carboxylic acids is 1. The van der Waals surface area contributed by atoms with E-state index in [-0.39, 0.29) is 12.5 Å². The first-order valence-corrected chi connectivity index (χ1v) is 5.94. The molecule has 1 unspecified atom stereocenters. The third kappa shape index (κ3) is 2.97. The summed E-state index contributed by atoms with van der Waals surface area (Å²) in [5, 5.41) is 21.3. The van der Waals surface area contributed by atoms with E-state index in [4.69, 9.17) is 5.11 Å². The van der Waals surface area contributed by atoms with Gasteiger partial charge in [0.15, 0.2) is 0 Å². The Morgan fingerprint density at radius 2 is 2.29 bits per heavy atom. The number of phenols is 1. The van der Waals surface area contributed by atoms with E-state index < -0.39 is 5.97 Å². The summed E-state index contributed by atoms with van der Waals surface area (Å²) in [5.41, 5.74) is 2.36. The lowest BCUT2D eigenvalue weighted by Crippen LogP contribution is -2.27. The lowest BCUT2D eigenvalue weighted by molar-refractivity contribution is -0.136. The molecule has 1 aliphatic rings. The predicted octanol–water partition coefficient (Wildman–Crippen LogP) is 1.83. The van der Waals surface area contributed by atoms with E-state index in [9.17, 15) is 9.90 Å². The van der Waals surface area contributed by atoms with Gasteiger partial charge >= 0.3 is 5.97 Å². The van der Waals surface area contributed by atoms with Crippen LogP contribution in [0.3, 0.4) is 0 Å². The lowest BCUT2D eigenvalue weighted by Gasteiger charge is -2.26. The van der Waals surface area contributed by atoms with Gasteiger partial charge in [0.2, 0.25) is 0 Å². The Balaban J connectivity index is 2.04. The molecule has 0 saturated heterocycles. The van der Waals surface area contributed by atoms with E-state index in [2.05, 4.69) is 5.32 Å². The molecule has 0 saturated carbocycles. The molecule has 17 heavy (non-hydrogen) atoms. The fraction of sp³-hybridized carbons (Fsp3) is 0.462. The van der Waals surface area contributed by atoms with Gasteiger partial charge in [-0.1, -0.05) is 6.07 Å². The van der Waals surface area contributed by atoms with Crippen LogP contribution in [0.25, 0.3) is 0 Å². The first kappa shape index (κ1) is 11.9. The molecule has 0 aromatic heterocycles. The number of fused-ring (bicyclic) bond motifs is 1. The first-order valence-electron chi connectivity index (χ1n) is 5.94. The van der Waals surface area contributed by atoms with Crippen LogP contribution in [0.4, 0.5) is 0 Å². The lowest BCUT2D eigenvalue weighted by atomic mass is 9.87. The Hall–Kier alpha value is -1.55. The Labute approximate surface area is 100 Å². The van der Waals surface area contributed by atoms with E-state index in [0.29, 0.717) is 12.3 Å². The summed E-state index contributed by atoms with van der Waals surface area (Å²) in [7, 11) is 0. The first-order chi connectivity index (χ1) is 8.16. The molecule has 0 radical (unpaired) electrons. The number of hydrogen-bond donors (Lipinski definition) is 3. The Bertz CT molecular complexity index is 417. The Kier molecular flexibility index (Phi) is 3.64. The SMILES string of the molecule is O=C(O)CCNC1CCCc2cc(O)ccc21. The molecule has 0 aliphatic heterocycles. The van der Waals surface area contributed by atoms with Gasteiger partial charge in [-0.05, 0) is 42.5 Å². The second-order valence-corrected chi connectivity index (χ2v) is 4.43. The second kappa shape index (κ2) is 5.19. The number of phenolic OH excluding ortho intramolecular Hbond substituents is 1. The molecule has 0 fully saturated rings. The van der Waals surface area contributed by atoms with Gasteiger partial charge in [0.25, 0.3) is 0 Å². The summed E-state index contributed by atoms with van der Waals surface area (Å²) < 4.78 is 0. The predicted molar refractivity (Wildman–Crippen MR) is 64.0 cm³/mol. The monoisotopic (exact) mass is 235 g/mol. The molecule has 0 bridgehead atoms. The smallest absolute Gasteiger partial charge is 0.304 e. The number of carbonyl (C=O) groups is 1. The van der Waals surface area contributed by atoms with Crippen LogP contribution in [0.5, 0.6) is 5.75 Å². The molecule has 4 heteroatoms. The van der Waals surface area contributed by atoms with Crippen LogP contribution in [0.15, 0.2) is 18.2 Å². The maximum absolute atomic E-state index is 10.5. The number of aryl methyl sites for hydroxylation is 1. The summed E-state index contributed by atoms with van der Waals surface area (Å²) in [6.45, 7) is 0.486. The maximum atomic E-state index is 10.5. The van der Waals surface area contributed by atoms with E-state index in [0.717, 1.165) is 19.3 Å². The summed E-state index contributed by atoms with van der Waals surface area (Å²) in [6, 6.07) is 5.65. The average molecular weight is 235 g/mol. The van der Waals surface area contributed by atoms with Gasteiger partial charge < -0.3 is 15.5 Å². The van der Waals surface area contributed by atoms with Crippen LogP contribution < -0.4 is 5.32 Å². The fourth-order valence-electron chi connectivity index (χ4n) is 2.37. The summed E-state index contributed by atoms with van der Waals surface area (Å²) in [6.07, 6.45) is 3.23. The van der Waals surface area contributed by atoms with Gasteiger partial charge in [-0.15, -0.1) is 0 Å². The van der Waals surface area contributed by atoms with Crippen molar-refractivity contribution in [2.45, 2.75) is 31.7 Å². The van der Waals surface area contributed by atoms with Gasteiger partial charge in [0, 0.05) is 12.6 Å². The average Bonchev–Trinajstić information content (AvgIpc) is 2.28. The van der Waals surface area contributed by atoms with Crippen LogP contribution in [0.2, 0.25) is 0 Å². The summed E-state index contributed by atoms with van der Waals surface area (Å²) >= 11 is 0. The molecule has 0 amide bonds. The van der Waals surface area contributed by atoms with Crippen LogP contribution in [-0.2, 0) is 11.2 Å². The number of carboxylic acid groups (broad SMARTS) is 1. The quantitative estimate of drug-likeness (QED) is 0.744. The summed E-state index contributed by atoms with van der Waals surface area (Å²) in [4.78, 5) is 10.5. The standard InChI is InChI=1S/C13H17NO3/c15-10-4-5-11-9(8-10)2-1-3-12(11)14-7-6-13(16)17/h4-5,8,12,14-15H,1-3,6-7H2,(H,16,17). The van der Waals surface area contributed by atoms with Gasteiger partial charge in [-0.2, -0.15) is 0 Å². The molecule has 1 aromatic rings. The van der Waals surface area contributed by atoms with Crippen molar-refractivity contribution in [2.24, 2.45) is 0 Å². The van der Waals surface area contributed by atoms with Crippen molar-refractivity contribution in [1.29, 1.82) is 0 Å². The second-order valence-electron chi connectivity index (χ2n) is 4.43. The zero-order chi connectivity index (χ0) is 12.3. The van der Waals surface area contributed by atoms with Crippen molar-refractivity contribution < 1.29 is 15.0 Å². The molecule has 0 heterocycles. The summed E-state index contributed by atoms with van der Waals surface area (Å²) in [5.74, 6) is -0.478. The van der Waals surface area contributed by atoms with Crippen molar-refractivity contribution in [1.82, 2.24) is 5.32 Å². The van der Waals surface area contributed by atoms with E-state index in [1.807, 2.05) is 6.07 Å². The Morgan fingerprint density at radius 3 is 3.06 bits per heavy atom. The highest BCUT2D eigenvalue weighted by Gasteiger charge is 2.19. The van der Waals surface area contributed by atoms with Gasteiger partial charge in [0.1, 0.15) is 5.75 Å². The minimum Gasteiger partial charge on any atom is -0.508 e. The molecular weight excluding hydrogens is 218 g/mol. The van der Waals surface area contributed by atoms with E-state index in [1.54, 1.807) is 12.1 Å². The zero-order valence-corrected chi connectivity index (χ0v) is 9.65. The highest BCUT2D eigenvalue weighted by molar-refractivity contribution is 5.66. The number of benzene rings is 1. The van der Waals surface area contributed by atoms with Gasteiger partial charge in [-0.25, -0.2) is 0 Å². The van der Waals surface area contributed by atoms with Crippen LogP contribution >= 0.6 is 0 Å². The van der Waals surface area contributed by atoms with Crippen molar-refractivity contribution in [3.63, 3.8) is 0 Å². The van der Waals surface area contributed by atoms with E-state index in [1.165, 1.54) is 11.1 Å². The van der Waals surface area contributed by atoms with Crippen LogP contribution in [-0.4, -0.2) is 22.7 Å². The third-order valence-electron chi connectivity index (χ3n) is 3.17. The molecule has 1 aromatic carbocycles. The molecule has 1 aliphatic carbocycles. The van der Waals surface area contributed by atoms with Gasteiger partial charge in [0.05, 0.1) is 6.42 Å². The van der Waals surface area contributed by atoms with Gasteiger partial charge in [-0.3, -0.25) is 4.79 Å². The molecule has 2 rings (SSSR count). The normalized spacial score (nSPS) is 18.7. The Morgan fingerprint density at radius 1 is 1.47 bits per heavy atom. The molecule has 92 valence electrons. The minimum atomic E-state index is -0.778. The third-order valence-corrected chi connectivity index (χ3v) is 3.17. The maximum Gasteiger partial charge on any atom is 0.304 e. The zero-order valence-electron chi connectivity index (χ0n) is 9.65. The largest absolute Gasteiger partial charge is 0.508 e. The number of nitrogens with one attached hydrogen (secondary N) is 1.